The molecule has 5 nitrogen and oxygen atoms in total. The first-order valence-electron chi connectivity index (χ1n) is 6.54. The van der Waals surface area contributed by atoms with Gasteiger partial charge in [0, 0.05) is 18.9 Å². The van der Waals surface area contributed by atoms with Crippen molar-refractivity contribution in [3.05, 3.63) is 18.6 Å². The lowest BCUT2D eigenvalue weighted by molar-refractivity contribution is -0.125. The number of nitrogens with zero attached hydrogens (tertiary/aromatic N) is 2. The summed E-state index contributed by atoms with van der Waals surface area (Å²) in [5, 5.41) is 2.84. The van der Waals surface area contributed by atoms with Crippen LogP contribution in [0.4, 0.5) is 5.82 Å². The number of hydrogen-bond acceptors (Lipinski definition) is 4. The van der Waals surface area contributed by atoms with E-state index in [0.717, 1.165) is 25.7 Å². The molecule has 1 aliphatic carbocycles. The standard InChI is InChI=1S/C13H20N4O/c14-10-13(5-3-1-2-4-6-13)12(18)17-11-9-15-7-8-16-11/h7-9H,1-6,10,14H2,(H,16,17,18). The van der Waals surface area contributed by atoms with Crippen molar-refractivity contribution < 1.29 is 4.79 Å². The summed E-state index contributed by atoms with van der Waals surface area (Å²) in [6.45, 7) is 0.402. The molecular weight excluding hydrogens is 228 g/mol. The number of hydrogen-bond donors (Lipinski definition) is 2. The molecule has 0 unspecified atom stereocenters. The van der Waals surface area contributed by atoms with Crippen LogP contribution >= 0.6 is 0 Å². The number of nitrogens with two attached hydrogens (primary N) is 1. The van der Waals surface area contributed by atoms with Crippen LogP contribution in [0.5, 0.6) is 0 Å². The van der Waals surface area contributed by atoms with Gasteiger partial charge in [-0.3, -0.25) is 9.78 Å². The van der Waals surface area contributed by atoms with E-state index in [1.807, 2.05) is 0 Å². The number of nitrogens with one attached hydrogen (secondary N) is 1. The van der Waals surface area contributed by atoms with Gasteiger partial charge in [0.15, 0.2) is 5.82 Å². The molecule has 3 N–H and O–H groups in total. The lowest BCUT2D eigenvalue weighted by atomic mass is 9.79. The van der Waals surface area contributed by atoms with Crippen molar-refractivity contribution in [3.8, 4) is 0 Å². The van der Waals surface area contributed by atoms with Crippen LogP contribution in [0.2, 0.25) is 0 Å². The molecule has 1 saturated carbocycles. The monoisotopic (exact) mass is 248 g/mol. The molecule has 1 amide bonds. The molecule has 0 atom stereocenters. The van der Waals surface area contributed by atoms with Gasteiger partial charge >= 0.3 is 0 Å². The zero-order valence-electron chi connectivity index (χ0n) is 10.6. The van der Waals surface area contributed by atoms with Gasteiger partial charge in [0.25, 0.3) is 0 Å². The largest absolute Gasteiger partial charge is 0.329 e. The van der Waals surface area contributed by atoms with Gasteiger partial charge in [-0.05, 0) is 12.8 Å². The van der Waals surface area contributed by atoms with E-state index in [1.165, 1.54) is 12.8 Å². The summed E-state index contributed by atoms with van der Waals surface area (Å²) in [5.41, 5.74) is 5.44. The zero-order valence-corrected chi connectivity index (χ0v) is 10.6. The van der Waals surface area contributed by atoms with Crippen molar-refractivity contribution in [2.45, 2.75) is 38.5 Å². The molecule has 5 heteroatoms. The molecule has 0 saturated heterocycles. The Kier molecular flexibility index (Phi) is 4.25. The SMILES string of the molecule is NCC1(C(=O)Nc2cnccn2)CCCCCC1. The summed E-state index contributed by atoms with van der Waals surface area (Å²) in [6, 6.07) is 0. The molecule has 0 bridgehead atoms. The van der Waals surface area contributed by atoms with E-state index in [1.54, 1.807) is 18.6 Å². The minimum absolute atomic E-state index is 0.00704. The minimum atomic E-state index is -0.423. The highest BCUT2D eigenvalue weighted by Gasteiger charge is 2.37. The fourth-order valence-electron chi connectivity index (χ4n) is 2.54. The van der Waals surface area contributed by atoms with Crippen molar-refractivity contribution in [1.82, 2.24) is 9.97 Å². The van der Waals surface area contributed by atoms with Crippen molar-refractivity contribution in [2.24, 2.45) is 11.1 Å². The first-order chi connectivity index (χ1) is 8.77. The second kappa shape index (κ2) is 5.91. The van der Waals surface area contributed by atoms with Crippen LogP contribution in [0.3, 0.4) is 0 Å². The van der Waals surface area contributed by atoms with E-state index < -0.39 is 5.41 Å². The third-order valence-electron chi connectivity index (χ3n) is 3.74. The molecule has 0 radical (unpaired) electrons. The van der Waals surface area contributed by atoms with Gasteiger partial charge in [0.05, 0.1) is 11.6 Å². The number of anilines is 1. The highest BCUT2D eigenvalue weighted by molar-refractivity contribution is 5.94. The predicted octanol–water partition coefficient (Wildman–Crippen LogP) is 1.71. The molecule has 0 aromatic carbocycles. The van der Waals surface area contributed by atoms with Crippen molar-refractivity contribution >= 4 is 11.7 Å². The van der Waals surface area contributed by atoms with E-state index in [-0.39, 0.29) is 5.91 Å². The molecule has 18 heavy (non-hydrogen) atoms. The van der Waals surface area contributed by atoms with Gasteiger partial charge in [0.2, 0.25) is 5.91 Å². The summed E-state index contributed by atoms with van der Waals surface area (Å²) < 4.78 is 0. The van der Waals surface area contributed by atoms with Crippen LogP contribution in [0.15, 0.2) is 18.6 Å². The van der Waals surface area contributed by atoms with Crippen molar-refractivity contribution in [2.75, 3.05) is 11.9 Å². The van der Waals surface area contributed by atoms with Gasteiger partial charge in [-0.15, -0.1) is 0 Å². The smallest absolute Gasteiger partial charge is 0.233 e. The van der Waals surface area contributed by atoms with Crippen LogP contribution < -0.4 is 11.1 Å². The third-order valence-corrected chi connectivity index (χ3v) is 3.74. The van der Waals surface area contributed by atoms with E-state index in [4.69, 9.17) is 5.73 Å². The number of amides is 1. The van der Waals surface area contributed by atoms with Gasteiger partial charge in [0.1, 0.15) is 0 Å². The number of aromatic nitrogens is 2. The summed E-state index contributed by atoms with van der Waals surface area (Å²) in [4.78, 5) is 20.4. The number of carbonyl (C=O) groups is 1. The molecule has 1 aliphatic rings. The minimum Gasteiger partial charge on any atom is -0.329 e. The first kappa shape index (κ1) is 13.0. The Bertz CT molecular complexity index is 385. The van der Waals surface area contributed by atoms with E-state index >= 15 is 0 Å². The fraction of sp³-hybridized carbons (Fsp3) is 0.615. The lowest BCUT2D eigenvalue weighted by Crippen LogP contribution is -2.42. The van der Waals surface area contributed by atoms with Crippen LogP contribution in [0.1, 0.15) is 38.5 Å². The molecule has 1 fully saturated rings. The quantitative estimate of drug-likeness (QED) is 0.798. The first-order valence-corrected chi connectivity index (χ1v) is 6.54. The number of carbonyl (C=O) groups excluding carboxylic acids is 1. The van der Waals surface area contributed by atoms with Crippen LogP contribution in [-0.4, -0.2) is 22.4 Å². The summed E-state index contributed by atoms with van der Waals surface area (Å²) in [5.74, 6) is 0.493. The maximum absolute atomic E-state index is 12.4. The Morgan fingerprint density at radius 2 is 2.00 bits per heavy atom. The van der Waals surface area contributed by atoms with E-state index in [9.17, 15) is 4.79 Å². The van der Waals surface area contributed by atoms with Crippen LogP contribution in [0.25, 0.3) is 0 Å². The highest BCUT2D eigenvalue weighted by atomic mass is 16.2. The Morgan fingerprint density at radius 1 is 1.28 bits per heavy atom. The van der Waals surface area contributed by atoms with Crippen molar-refractivity contribution in [3.63, 3.8) is 0 Å². The van der Waals surface area contributed by atoms with E-state index in [0.29, 0.717) is 12.4 Å². The Hall–Kier alpha value is -1.49. The topological polar surface area (TPSA) is 80.9 Å². The molecule has 2 rings (SSSR count). The van der Waals surface area contributed by atoms with Gasteiger partial charge in [-0.25, -0.2) is 4.98 Å². The molecule has 0 spiro atoms. The average molecular weight is 248 g/mol. The predicted molar refractivity (Wildman–Crippen MR) is 69.9 cm³/mol. The normalized spacial score (nSPS) is 18.9. The average Bonchev–Trinajstić information content (AvgIpc) is 2.66. The van der Waals surface area contributed by atoms with Gasteiger partial charge in [-0.1, -0.05) is 25.7 Å². The molecule has 98 valence electrons. The summed E-state index contributed by atoms with van der Waals surface area (Å²) in [6.07, 6.45) is 11.0. The third kappa shape index (κ3) is 2.85. The Labute approximate surface area is 107 Å². The van der Waals surface area contributed by atoms with Crippen molar-refractivity contribution in [1.29, 1.82) is 0 Å². The van der Waals surface area contributed by atoms with E-state index in [2.05, 4.69) is 15.3 Å². The number of rotatable bonds is 3. The molecule has 1 aromatic rings. The van der Waals surface area contributed by atoms with Gasteiger partial charge in [-0.2, -0.15) is 0 Å². The second-order valence-corrected chi connectivity index (χ2v) is 4.94. The molecule has 1 heterocycles. The van der Waals surface area contributed by atoms with Crippen LogP contribution in [0, 0.1) is 5.41 Å². The summed E-state index contributed by atoms with van der Waals surface area (Å²) in [7, 11) is 0. The molecular formula is C13H20N4O. The maximum atomic E-state index is 12.4. The fourth-order valence-corrected chi connectivity index (χ4v) is 2.54. The zero-order chi connectivity index (χ0) is 12.8. The highest BCUT2D eigenvalue weighted by Crippen LogP contribution is 2.35. The second-order valence-electron chi connectivity index (χ2n) is 4.94. The molecule has 1 aromatic heterocycles. The Morgan fingerprint density at radius 3 is 2.56 bits per heavy atom. The van der Waals surface area contributed by atoms with Gasteiger partial charge < -0.3 is 11.1 Å². The molecule has 0 aliphatic heterocycles. The maximum Gasteiger partial charge on any atom is 0.233 e. The Balaban J connectivity index is 2.09. The lowest BCUT2D eigenvalue weighted by Gasteiger charge is -2.29. The summed E-state index contributed by atoms with van der Waals surface area (Å²) >= 11 is 0. The van der Waals surface area contributed by atoms with Crippen LogP contribution in [-0.2, 0) is 4.79 Å².